The maximum atomic E-state index is 6.19. The van der Waals surface area contributed by atoms with Crippen molar-refractivity contribution in [3.8, 4) is 0 Å². The quantitative estimate of drug-likeness (QED) is 0.856. The van der Waals surface area contributed by atoms with Crippen molar-refractivity contribution in [1.29, 1.82) is 0 Å². The van der Waals surface area contributed by atoms with Crippen LogP contribution in [-0.4, -0.2) is 22.9 Å². The summed E-state index contributed by atoms with van der Waals surface area (Å²) in [5.74, 6) is 1.11. The number of hydrogen-bond donors (Lipinski definition) is 1. The molecule has 0 spiro atoms. The van der Waals surface area contributed by atoms with E-state index < -0.39 is 0 Å². The van der Waals surface area contributed by atoms with Gasteiger partial charge in [-0.05, 0) is 24.7 Å². The predicted octanol–water partition coefficient (Wildman–Crippen LogP) is 2.19. The highest BCUT2D eigenvalue weighted by atomic mass is 15.4. The summed E-state index contributed by atoms with van der Waals surface area (Å²) in [6.45, 7) is 8.95. The summed E-state index contributed by atoms with van der Waals surface area (Å²) in [6, 6.07) is 0. The number of aromatic nitrogens is 2. The molecule has 0 aliphatic carbocycles. The first kappa shape index (κ1) is 12.3. The molecule has 1 aromatic rings. The van der Waals surface area contributed by atoms with Gasteiger partial charge in [-0.15, -0.1) is 0 Å². The zero-order valence-electron chi connectivity index (χ0n) is 11.5. The van der Waals surface area contributed by atoms with Crippen LogP contribution in [0.25, 0.3) is 0 Å². The zero-order valence-corrected chi connectivity index (χ0v) is 11.5. The molecule has 17 heavy (non-hydrogen) atoms. The van der Waals surface area contributed by atoms with Gasteiger partial charge < -0.3 is 10.6 Å². The summed E-state index contributed by atoms with van der Waals surface area (Å²) in [4.78, 5) is 2.38. The monoisotopic (exact) mass is 236 g/mol. The first-order valence-corrected chi connectivity index (χ1v) is 6.51. The molecule has 2 heterocycles. The molecule has 4 heteroatoms. The Kier molecular flexibility index (Phi) is 3.06. The molecular formula is C13H24N4. The van der Waals surface area contributed by atoms with Gasteiger partial charge >= 0.3 is 0 Å². The van der Waals surface area contributed by atoms with Gasteiger partial charge in [0.2, 0.25) is 0 Å². The second kappa shape index (κ2) is 4.24. The Hall–Kier alpha value is -1.19. The molecule has 96 valence electrons. The number of anilines is 2. The molecule has 1 aliphatic rings. The van der Waals surface area contributed by atoms with Crippen LogP contribution in [0.5, 0.6) is 0 Å². The lowest BCUT2D eigenvalue weighted by molar-refractivity contribution is 0.278. The third-order valence-corrected chi connectivity index (χ3v) is 3.88. The van der Waals surface area contributed by atoms with E-state index in [1.54, 1.807) is 0 Å². The Bertz CT molecular complexity index is 396. The van der Waals surface area contributed by atoms with E-state index >= 15 is 0 Å². The van der Waals surface area contributed by atoms with Crippen LogP contribution in [0, 0.1) is 5.41 Å². The van der Waals surface area contributed by atoms with Crippen LogP contribution < -0.4 is 10.6 Å². The van der Waals surface area contributed by atoms with Gasteiger partial charge in [-0.3, -0.25) is 4.68 Å². The Labute approximate surface area is 104 Å². The summed E-state index contributed by atoms with van der Waals surface area (Å²) < 4.78 is 1.94. The number of nitrogens with two attached hydrogens (primary N) is 1. The smallest absolute Gasteiger partial charge is 0.150 e. The van der Waals surface area contributed by atoms with E-state index in [2.05, 4.69) is 30.8 Å². The highest BCUT2D eigenvalue weighted by Crippen LogP contribution is 2.35. The van der Waals surface area contributed by atoms with Crippen molar-refractivity contribution in [2.75, 3.05) is 23.7 Å². The number of nitrogen functional groups attached to an aromatic ring is 1. The third-order valence-electron chi connectivity index (χ3n) is 3.88. The summed E-state index contributed by atoms with van der Waals surface area (Å²) in [5, 5.41) is 4.49. The van der Waals surface area contributed by atoms with E-state index in [9.17, 15) is 0 Å². The van der Waals surface area contributed by atoms with Crippen LogP contribution in [0.15, 0.2) is 0 Å². The highest BCUT2D eigenvalue weighted by molar-refractivity contribution is 5.66. The highest BCUT2D eigenvalue weighted by Gasteiger charge is 2.28. The van der Waals surface area contributed by atoms with Crippen molar-refractivity contribution < 1.29 is 0 Å². The fourth-order valence-corrected chi connectivity index (χ4v) is 2.55. The van der Waals surface area contributed by atoms with Gasteiger partial charge in [0.15, 0.2) is 0 Å². The van der Waals surface area contributed by atoms with E-state index in [1.165, 1.54) is 12.8 Å². The molecule has 0 atom stereocenters. The Morgan fingerprint density at radius 1 is 1.29 bits per heavy atom. The Morgan fingerprint density at radius 3 is 2.35 bits per heavy atom. The van der Waals surface area contributed by atoms with Gasteiger partial charge in [0, 0.05) is 20.1 Å². The third kappa shape index (κ3) is 2.26. The fourth-order valence-electron chi connectivity index (χ4n) is 2.55. The SMILES string of the molecule is CCc1nn(C)c(N2CCC(C)(C)CC2)c1N. The van der Waals surface area contributed by atoms with Gasteiger partial charge in [-0.2, -0.15) is 5.10 Å². The van der Waals surface area contributed by atoms with E-state index in [4.69, 9.17) is 5.73 Å². The molecule has 0 bridgehead atoms. The van der Waals surface area contributed by atoms with E-state index in [-0.39, 0.29) is 0 Å². The molecule has 0 radical (unpaired) electrons. The molecule has 0 aromatic carbocycles. The standard InChI is InChI=1S/C13H24N4/c1-5-10-11(14)12(16(4)15-10)17-8-6-13(2,3)7-9-17/h5-9,14H2,1-4H3. The summed E-state index contributed by atoms with van der Waals surface area (Å²) in [7, 11) is 1.99. The Balaban J connectivity index is 2.21. The lowest BCUT2D eigenvalue weighted by Gasteiger charge is -2.38. The van der Waals surface area contributed by atoms with Crippen LogP contribution >= 0.6 is 0 Å². The summed E-state index contributed by atoms with van der Waals surface area (Å²) >= 11 is 0. The minimum Gasteiger partial charge on any atom is -0.394 e. The maximum Gasteiger partial charge on any atom is 0.150 e. The Morgan fingerprint density at radius 2 is 1.88 bits per heavy atom. The molecule has 2 N–H and O–H groups in total. The number of nitrogens with zero attached hydrogens (tertiary/aromatic N) is 3. The number of rotatable bonds is 2. The van der Waals surface area contributed by atoms with Crippen LogP contribution in [0.1, 0.15) is 39.3 Å². The van der Waals surface area contributed by atoms with E-state index in [0.29, 0.717) is 5.41 Å². The van der Waals surface area contributed by atoms with Gasteiger partial charge in [-0.25, -0.2) is 0 Å². The average Bonchev–Trinajstić information content (AvgIpc) is 2.55. The first-order chi connectivity index (χ1) is 7.94. The first-order valence-electron chi connectivity index (χ1n) is 6.51. The second-order valence-electron chi connectivity index (χ2n) is 5.81. The molecular weight excluding hydrogens is 212 g/mol. The van der Waals surface area contributed by atoms with Gasteiger partial charge in [-0.1, -0.05) is 20.8 Å². The topological polar surface area (TPSA) is 47.1 Å². The van der Waals surface area contributed by atoms with Crippen molar-refractivity contribution in [2.24, 2.45) is 12.5 Å². The molecule has 1 saturated heterocycles. The molecule has 1 aromatic heterocycles. The summed E-state index contributed by atoms with van der Waals surface area (Å²) in [6.07, 6.45) is 3.34. The molecule has 1 fully saturated rings. The molecule has 1 aliphatic heterocycles. The van der Waals surface area contributed by atoms with Crippen LogP contribution in [0.3, 0.4) is 0 Å². The van der Waals surface area contributed by atoms with Crippen molar-refractivity contribution in [1.82, 2.24) is 9.78 Å². The fraction of sp³-hybridized carbons (Fsp3) is 0.769. The minimum absolute atomic E-state index is 0.470. The van der Waals surface area contributed by atoms with Crippen LogP contribution in [0.4, 0.5) is 11.5 Å². The number of hydrogen-bond acceptors (Lipinski definition) is 3. The summed E-state index contributed by atoms with van der Waals surface area (Å²) in [5.41, 5.74) is 8.55. The second-order valence-corrected chi connectivity index (χ2v) is 5.81. The van der Waals surface area contributed by atoms with Crippen molar-refractivity contribution >= 4 is 11.5 Å². The minimum atomic E-state index is 0.470. The normalized spacial score (nSPS) is 19.6. The van der Waals surface area contributed by atoms with Crippen LogP contribution in [0.2, 0.25) is 0 Å². The number of piperidine rings is 1. The number of aryl methyl sites for hydroxylation is 2. The molecule has 0 amide bonds. The molecule has 0 saturated carbocycles. The van der Waals surface area contributed by atoms with Gasteiger partial charge in [0.05, 0.1) is 11.4 Å². The van der Waals surface area contributed by atoms with Crippen molar-refractivity contribution in [3.63, 3.8) is 0 Å². The average molecular weight is 236 g/mol. The van der Waals surface area contributed by atoms with E-state index in [1.807, 2.05) is 11.7 Å². The molecule has 2 rings (SSSR count). The van der Waals surface area contributed by atoms with Crippen molar-refractivity contribution in [3.05, 3.63) is 5.69 Å². The van der Waals surface area contributed by atoms with Gasteiger partial charge in [0.25, 0.3) is 0 Å². The zero-order chi connectivity index (χ0) is 12.6. The lowest BCUT2D eigenvalue weighted by atomic mass is 9.83. The molecule has 0 unspecified atom stereocenters. The maximum absolute atomic E-state index is 6.19. The van der Waals surface area contributed by atoms with Crippen molar-refractivity contribution in [2.45, 2.75) is 40.0 Å². The van der Waals surface area contributed by atoms with E-state index in [0.717, 1.165) is 36.7 Å². The largest absolute Gasteiger partial charge is 0.394 e. The molecule has 4 nitrogen and oxygen atoms in total. The van der Waals surface area contributed by atoms with Crippen LogP contribution in [-0.2, 0) is 13.5 Å². The van der Waals surface area contributed by atoms with Gasteiger partial charge in [0.1, 0.15) is 5.82 Å². The predicted molar refractivity (Wildman–Crippen MR) is 72.2 cm³/mol. The lowest BCUT2D eigenvalue weighted by Crippen LogP contribution is -2.38.